The average Bonchev–Trinajstić information content (AvgIpc) is 1.85. The van der Waals surface area contributed by atoms with Crippen molar-refractivity contribution in [1.29, 1.82) is 0 Å². The van der Waals surface area contributed by atoms with Crippen molar-refractivity contribution >= 4 is 9.39 Å². The number of alkyl halides is 2. The number of rotatable bonds is 2. The Morgan fingerprint density at radius 3 is 2.91 bits per heavy atom. The standard InChI is InChI=1S/C6H13F2N2P/c7-6(8)1-2-9-5(3-6)4-10-11/h5,9-10H,1-4,11H2. The van der Waals surface area contributed by atoms with Crippen LogP contribution in [0.5, 0.6) is 0 Å². The Morgan fingerprint density at radius 1 is 1.64 bits per heavy atom. The van der Waals surface area contributed by atoms with E-state index in [2.05, 4.69) is 19.8 Å². The Labute approximate surface area is 67.4 Å². The van der Waals surface area contributed by atoms with Crippen LogP contribution in [0.1, 0.15) is 12.8 Å². The highest BCUT2D eigenvalue weighted by Crippen LogP contribution is 2.26. The maximum absolute atomic E-state index is 12.7. The third-order valence-electron chi connectivity index (χ3n) is 1.83. The zero-order valence-electron chi connectivity index (χ0n) is 6.24. The Bertz CT molecular complexity index is 130. The van der Waals surface area contributed by atoms with Crippen LogP contribution in [0.15, 0.2) is 0 Å². The summed E-state index contributed by atoms with van der Waals surface area (Å²) in [6.07, 6.45) is -0.0746. The molecule has 11 heavy (non-hydrogen) atoms. The third-order valence-corrected chi connectivity index (χ3v) is 2.07. The molecule has 0 aromatic carbocycles. The van der Waals surface area contributed by atoms with Crippen LogP contribution in [-0.4, -0.2) is 25.1 Å². The number of piperidine rings is 1. The minimum absolute atomic E-state index is 0.0274. The van der Waals surface area contributed by atoms with E-state index in [0.717, 1.165) is 0 Å². The van der Waals surface area contributed by atoms with Gasteiger partial charge in [-0.15, -0.1) is 0 Å². The zero-order chi connectivity index (χ0) is 8.32. The van der Waals surface area contributed by atoms with Crippen LogP contribution in [0.25, 0.3) is 0 Å². The van der Waals surface area contributed by atoms with E-state index in [9.17, 15) is 8.78 Å². The summed E-state index contributed by atoms with van der Waals surface area (Å²) in [5, 5.41) is 5.82. The molecule has 1 fully saturated rings. The van der Waals surface area contributed by atoms with E-state index in [1.807, 2.05) is 0 Å². The topological polar surface area (TPSA) is 24.1 Å². The van der Waals surface area contributed by atoms with E-state index in [-0.39, 0.29) is 18.9 Å². The number of hydrogen-bond donors (Lipinski definition) is 2. The van der Waals surface area contributed by atoms with Gasteiger partial charge in [0, 0.05) is 32.0 Å². The molecule has 2 N–H and O–H groups in total. The largest absolute Gasteiger partial charge is 0.312 e. The molecule has 0 spiro atoms. The molecule has 2 nitrogen and oxygen atoms in total. The van der Waals surface area contributed by atoms with Crippen LogP contribution in [0.3, 0.4) is 0 Å². The third kappa shape index (κ3) is 2.97. The summed E-state index contributed by atoms with van der Waals surface area (Å²) in [5.41, 5.74) is 0. The molecule has 1 rings (SSSR count). The van der Waals surface area contributed by atoms with Crippen molar-refractivity contribution in [2.45, 2.75) is 24.8 Å². The van der Waals surface area contributed by atoms with E-state index in [1.165, 1.54) is 0 Å². The van der Waals surface area contributed by atoms with Crippen molar-refractivity contribution in [2.75, 3.05) is 13.1 Å². The van der Waals surface area contributed by atoms with Gasteiger partial charge >= 0.3 is 0 Å². The molecule has 5 heteroatoms. The van der Waals surface area contributed by atoms with Crippen molar-refractivity contribution in [3.63, 3.8) is 0 Å². The average molecular weight is 182 g/mol. The minimum Gasteiger partial charge on any atom is -0.312 e. The lowest BCUT2D eigenvalue weighted by atomic mass is 10.0. The zero-order valence-corrected chi connectivity index (χ0v) is 7.39. The van der Waals surface area contributed by atoms with E-state index >= 15 is 0 Å². The summed E-state index contributed by atoms with van der Waals surface area (Å²) < 4.78 is 25.4. The second kappa shape index (κ2) is 3.74. The van der Waals surface area contributed by atoms with Gasteiger partial charge in [-0.3, -0.25) is 5.09 Å². The van der Waals surface area contributed by atoms with Crippen molar-refractivity contribution < 1.29 is 8.78 Å². The lowest BCUT2D eigenvalue weighted by Crippen LogP contribution is -2.47. The van der Waals surface area contributed by atoms with E-state index in [1.54, 1.807) is 0 Å². The van der Waals surface area contributed by atoms with Crippen LogP contribution in [0.2, 0.25) is 0 Å². The van der Waals surface area contributed by atoms with Crippen LogP contribution in [0.4, 0.5) is 8.78 Å². The summed E-state index contributed by atoms with van der Waals surface area (Å²) in [6, 6.07) is -0.0868. The van der Waals surface area contributed by atoms with Crippen LogP contribution in [-0.2, 0) is 0 Å². The smallest absolute Gasteiger partial charge is 0.250 e. The summed E-state index contributed by atoms with van der Waals surface area (Å²) in [7, 11) is 2.31. The maximum atomic E-state index is 12.7. The lowest BCUT2D eigenvalue weighted by Gasteiger charge is -2.29. The molecule has 0 radical (unpaired) electrons. The second-order valence-corrected chi connectivity index (χ2v) is 3.28. The van der Waals surface area contributed by atoms with Gasteiger partial charge in [0.1, 0.15) is 0 Å². The molecule has 1 heterocycles. The first-order valence-corrected chi connectivity index (χ1v) is 4.26. The molecule has 0 aromatic heterocycles. The molecule has 0 saturated carbocycles. The summed E-state index contributed by atoms with van der Waals surface area (Å²) in [5.74, 6) is -2.46. The Hall–Kier alpha value is 0.210. The maximum Gasteiger partial charge on any atom is 0.250 e. The van der Waals surface area contributed by atoms with E-state index in [4.69, 9.17) is 0 Å². The second-order valence-electron chi connectivity index (χ2n) is 2.87. The van der Waals surface area contributed by atoms with Gasteiger partial charge in [-0.05, 0) is 0 Å². The van der Waals surface area contributed by atoms with Crippen LogP contribution < -0.4 is 10.4 Å². The predicted octanol–water partition coefficient (Wildman–Crippen LogP) is 0.753. The molecule has 66 valence electrons. The fourth-order valence-electron chi connectivity index (χ4n) is 1.28. The molecule has 0 bridgehead atoms. The number of nitrogens with one attached hydrogen (secondary N) is 2. The number of hydrogen-bond acceptors (Lipinski definition) is 2. The van der Waals surface area contributed by atoms with Crippen molar-refractivity contribution in [2.24, 2.45) is 0 Å². The molecule has 2 unspecified atom stereocenters. The Balaban J connectivity index is 2.34. The molecular weight excluding hydrogens is 169 g/mol. The van der Waals surface area contributed by atoms with Gasteiger partial charge in [-0.25, -0.2) is 8.78 Å². The molecule has 1 aliphatic heterocycles. The number of halogens is 2. The molecule has 1 saturated heterocycles. The van der Waals surface area contributed by atoms with Crippen LogP contribution in [0, 0.1) is 0 Å². The van der Waals surface area contributed by atoms with Crippen molar-refractivity contribution in [3.05, 3.63) is 0 Å². The first-order chi connectivity index (χ1) is 5.14. The molecule has 0 aromatic rings. The van der Waals surface area contributed by atoms with Gasteiger partial charge in [0.25, 0.3) is 5.92 Å². The fraction of sp³-hybridized carbons (Fsp3) is 1.00. The highest BCUT2D eigenvalue weighted by atomic mass is 31.0. The molecule has 0 amide bonds. The van der Waals surface area contributed by atoms with Gasteiger partial charge < -0.3 is 5.32 Å². The van der Waals surface area contributed by atoms with Crippen molar-refractivity contribution in [3.8, 4) is 0 Å². The lowest BCUT2D eigenvalue weighted by molar-refractivity contribution is -0.0401. The monoisotopic (exact) mass is 182 g/mol. The van der Waals surface area contributed by atoms with Gasteiger partial charge in [0.2, 0.25) is 0 Å². The quantitative estimate of drug-likeness (QED) is 0.616. The molecular formula is C6H13F2N2P. The van der Waals surface area contributed by atoms with Crippen LogP contribution >= 0.6 is 9.39 Å². The first-order valence-electron chi connectivity index (χ1n) is 3.69. The molecule has 1 aliphatic rings. The predicted molar refractivity (Wildman–Crippen MR) is 43.7 cm³/mol. The van der Waals surface area contributed by atoms with Gasteiger partial charge in [-0.1, -0.05) is 9.39 Å². The molecule has 2 atom stereocenters. The van der Waals surface area contributed by atoms with E-state index < -0.39 is 5.92 Å². The molecule has 0 aliphatic carbocycles. The first kappa shape index (κ1) is 9.30. The highest BCUT2D eigenvalue weighted by molar-refractivity contribution is 7.13. The minimum atomic E-state index is -2.46. The van der Waals surface area contributed by atoms with Gasteiger partial charge in [0.05, 0.1) is 0 Å². The summed E-state index contributed by atoms with van der Waals surface area (Å²) in [4.78, 5) is 0. The van der Waals surface area contributed by atoms with Crippen molar-refractivity contribution in [1.82, 2.24) is 10.4 Å². The normalized spacial score (nSPS) is 30.3. The fourth-order valence-corrected chi connectivity index (χ4v) is 1.57. The Kier molecular flexibility index (Phi) is 3.16. The van der Waals surface area contributed by atoms with Gasteiger partial charge in [-0.2, -0.15) is 0 Å². The summed E-state index contributed by atoms with van der Waals surface area (Å²) >= 11 is 0. The SMILES string of the molecule is FC1(F)CCNC(CNP)C1. The highest BCUT2D eigenvalue weighted by Gasteiger charge is 2.35. The Morgan fingerprint density at radius 2 is 2.36 bits per heavy atom. The summed E-state index contributed by atoms with van der Waals surface area (Å²) in [6.45, 7) is 1.00. The van der Waals surface area contributed by atoms with E-state index in [0.29, 0.717) is 13.1 Å². The van der Waals surface area contributed by atoms with Gasteiger partial charge in [0.15, 0.2) is 0 Å².